The standard InChI is InChI=1S/C25H33N3O5S2/c1-19(2)16-22(18-33-35(31,32)24-12-8-21(4)9-13-24)28(17-25-26-14-15-27(25)5)34(29,30)23-10-6-20(3)7-11-23/h6-15,19,22H,16-18H2,1-5H3/t22-/m1/s1. The molecule has 3 rings (SSSR count). The van der Waals surface area contributed by atoms with Gasteiger partial charge in [0.25, 0.3) is 10.1 Å². The second kappa shape index (κ2) is 11.0. The maximum Gasteiger partial charge on any atom is 0.297 e. The highest BCUT2D eigenvalue weighted by molar-refractivity contribution is 7.89. The third-order valence-electron chi connectivity index (χ3n) is 5.72. The average molecular weight is 520 g/mol. The van der Waals surface area contributed by atoms with E-state index in [0.717, 1.165) is 11.1 Å². The van der Waals surface area contributed by atoms with E-state index in [0.29, 0.717) is 12.2 Å². The fraction of sp³-hybridized carbons (Fsp3) is 0.400. The van der Waals surface area contributed by atoms with Crippen molar-refractivity contribution in [1.82, 2.24) is 13.9 Å². The summed E-state index contributed by atoms with van der Waals surface area (Å²) in [5.74, 6) is 0.624. The lowest BCUT2D eigenvalue weighted by molar-refractivity contribution is 0.180. The van der Waals surface area contributed by atoms with Crippen LogP contribution in [0, 0.1) is 19.8 Å². The molecule has 0 aliphatic heterocycles. The number of rotatable bonds is 11. The zero-order valence-electron chi connectivity index (χ0n) is 20.7. The summed E-state index contributed by atoms with van der Waals surface area (Å²) in [5, 5.41) is 0. The topological polar surface area (TPSA) is 98.6 Å². The highest BCUT2D eigenvalue weighted by atomic mass is 32.2. The predicted octanol–water partition coefficient (Wildman–Crippen LogP) is 4.05. The minimum atomic E-state index is -4.07. The average Bonchev–Trinajstić information content (AvgIpc) is 3.20. The van der Waals surface area contributed by atoms with Gasteiger partial charge >= 0.3 is 0 Å². The maximum absolute atomic E-state index is 13.8. The van der Waals surface area contributed by atoms with Crippen LogP contribution >= 0.6 is 0 Å². The highest BCUT2D eigenvalue weighted by Gasteiger charge is 2.34. The summed E-state index contributed by atoms with van der Waals surface area (Å²) < 4.78 is 61.9. The summed E-state index contributed by atoms with van der Waals surface area (Å²) >= 11 is 0. The summed E-state index contributed by atoms with van der Waals surface area (Å²) in [5.41, 5.74) is 1.86. The fourth-order valence-corrected chi connectivity index (χ4v) is 6.22. The number of aromatic nitrogens is 2. The molecule has 190 valence electrons. The summed E-state index contributed by atoms with van der Waals surface area (Å²) in [7, 11) is -6.27. The zero-order valence-corrected chi connectivity index (χ0v) is 22.4. The fourth-order valence-electron chi connectivity index (χ4n) is 3.70. The van der Waals surface area contributed by atoms with Gasteiger partial charge in [-0.1, -0.05) is 49.2 Å². The summed E-state index contributed by atoms with van der Waals surface area (Å²) in [4.78, 5) is 4.46. The summed E-state index contributed by atoms with van der Waals surface area (Å²) in [6, 6.07) is 12.2. The molecule has 0 amide bonds. The summed E-state index contributed by atoms with van der Waals surface area (Å²) in [6.45, 7) is 7.32. The molecule has 1 aromatic heterocycles. The Hall–Kier alpha value is -2.53. The van der Waals surface area contributed by atoms with E-state index >= 15 is 0 Å². The molecule has 1 atom stereocenters. The first-order chi connectivity index (χ1) is 16.4. The predicted molar refractivity (Wildman–Crippen MR) is 135 cm³/mol. The van der Waals surface area contributed by atoms with Crippen LogP contribution < -0.4 is 0 Å². The second-order valence-corrected chi connectivity index (χ2v) is 12.7. The van der Waals surface area contributed by atoms with Crippen molar-refractivity contribution in [3.05, 3.63) is 77.9 Å². The molecule has 0 fully saturated rings. The number of nitrogens with zero attached hydrogens (tertiary/aromatic N) is 3. The van der Waals surface area contributed by atoms with Crippen molar-refractivity contribution in [1.29, 1.82) is 0 Å². The van der Waals surface area contributed by atoms with E-state index in [2.05, 4.69) is 4.98 Å². The van der Waals surface area contributed by atoms with Crippen LogP contribution in [-0.2, 0) is 37.9 Å². The molecule has 0 unspecified atom stereocenters. The van der Waals surface area contributed by atoms with Crippen LogP contribution in [0.2, 0.25) is 0 Å². The SMILES string of the molecule is Cc1ccc(S(=O)(=O)OC[C@@H](CC(C)C)N(Cc2nccn2C)S(=O)(=O)c2ccc(C)cc2)cc1. The van der Waals surface area contributed by atoms with E-state index in [1.165, 1.54) is 16.4 Å². The van der Waals surface area contributed by atoms with E-state index in [-0.39, 0.29) is 28.9 Å². The quantitative estimate of drug-likeness (QED) is 0.355. The largest absolute Gasteiger partial charge is 0.337 e. The van der Waals surface area contributed by atoms with Crippen molar-refractivity contribution in [2.75, 3.05) is 6.61 Å². The molecular weight excluding hydrogens is 486 g/mol. The van der Waals surface area contributed by atoms with Crippen molar-refractivity contribution in [3.8, 4) is 0 Å². The minimum Gasteiger partial charge on any atom is -0.337 e. The Kier molecular flexibility index (Phi) is 8.53. The third kappa shape index (κ3) is 6.78. The van der Waals surface area contributed by atoms with Crippen molar-refractivity contribution in [2.24, 2.45) is 13.0 Å². The molecule has 0 bridgehead atoms. The number of aryl methyl sites for hydroxylation is 3. The molecule has 2 aromatic carbocycles. The molecule has 8 nitrogen and oxygen atoms in total. The van der Waals surface area contributed by atoms with Gasteiger partial charge in [0.2, 0.25) is 10.0 Å². The van der Waals surface area contributed by atoms with Gasteiger partial charge in [0.1, 0.15) is 5.82 Å². The van der Waals surface area contributed by atoms with Gasteiger partial charge in [0.05, 0.1) is 29.0 Å². The first-order valence-corrected chi connectivity index (χ1v) is 14.3. The van der Waals surface area contributed by atoms with Gasteiger partial charge in [0, 0.05) is 19.4 Å². The van der Waals surface area contributed by atoms with Crippen molar-refractivity contribution < 1.29 is 21.0 Å². The molecule has 35 heavy (non-hydrogen) atoms. The minimum absolute atomic E-state index is 0.0228. The number of imidazole rings is 1. The molecule has 0 aliphatic carbocycles. The number of hydrogen-bond acceptors (Lipinski definition) is 6. The first-order valence-electron chi connectivity index (χ1n) is 11.4. The van der Waals surface area contributed by atoms with Crippen LogP contribution in [0.3, 0.4) is 0 Å². The molecule has 0 aliphatic rings. The van der Waals surface area contributed by atoms with Crippen LogP contribution in [0.1, 0.15) is 37.2 Å². The highest BCUT2D eigenvalue weighted by Crippen LogP contribution is 2.26. The normalized spacial score (nSPS) is 13.5. The van der Waals surface area contributed by atoms with Gasteiger partial charge in [0.15, 0.2) is 0 Å². The van der Waals surface area contributed by atoms with Crippen LogP contribution in [0.25, 0.3) is 0 Å². The van der Waals surface area contributed by atoms with Gasteiger partial charge < -0.3 is 4.57 Å². The summed E-state index contributed by atoms with van der Waals surface area (Å²) in [6.07, 6.45) is 3.74. The van der Waals surface area contributed by atoms with Gasteiger partial charge in [-0.25, -0.2) is 13.4 Å². The molecule has 10 heteroatoms. The molecule has 0 radical (unpaired) electrons. The molecular formula is C25H33N3O5S2. The Bertz CT molecular complexity index is 1330. The molecule has 1 heterocycles. The van der Waals surface area contributed by atoms with Crippen LogP contribution in [-0.4, -0.2) is 43.3 Å². The van der Waals surface area contributed by atoms with Gasteiger partial charge in [-0.2, -0.15) is 12.7 Å². The van der Waals surface area contributed by atoms with Crippen LogP contribution in [0.4, 0.5) is 0 Å². The van der Waals surface area contributed by atoms with Crippen molar-refractivity contribution in [3.63, 3.8) is 0 Å². The Balaban J connectivity index is 1.99. The first kappa shape index (κ1) is 27.1. The Morgan fingerprint density at radius 1 is 0.914 bits per heavy atom. The number of benzene rings is 2. The lowest BCUT2D eigenvalue weighted by atomic mass is 10.0. The van der Waals surface area contributed by atoms with E-state index in [9.17, 15) is 16.8 Å². The van der Waals surface area contributed by atoms with Crippen LogP contribution in [0.15, 0.2) is 70.7 Å². The van der Waals surface area contributed by atoms with E-state index < -0.39 is 26.2 Å². The number of hydrogen-bond donors (Lipinski definition) is 0. The third-order valence-corrected chi connectivity index (χ3v) is 8.93. The lowest BCUT2D eigenvalue weighted by Crippen LogP contribution is -2.44. The smallest absolute Gasteiger partial charge is 0.297 e. The van der Waals surface area contributed by atoms with Gasteiger partial charge in [-0.05, 0) is 50.5 Å². The second-order valence-electron chi connectivity index (χ2n) is 9.15. The Morgan fingerprint density at radius 3 is 1.94 bits per heavy atom. The van der Waals surface area contributed by atoms with E-state index in [1.807, 2.05) is 27.7 Å². The van der Waals surface area contributed by atoms with Crippen LogP contribution in [0.5, 0.6) is 0 Å². The Labute approximate surface area is 208 Å². The van der Waals surface area contributed by atoms with Crippen molar-refractivity contribution in [2.45, 2.75) is 56.5 Å². The van der Waals surface area contributed by atoms with E-state index in [1.54, 1.807) is 60.4 Å². The van der Waals surface area contributed by atoms with Crippen molar-refractivity contribution >= 4 is 20.1 Å². The molecule has 0 spiro atoms. The van der Waals surface area contributed by atoms with E-state index in [4.69, 9.17) is 4.18 Å². The monoisotopic (exact) mass is 519 g/mol. The zero-order chi connectivity index (χ0) is 25.8. The maximum atomic E-state index is 13.8. The number of sulfonamides is 1. The molecule has 0 saturated heterocycles. The molecule has 3 aromatic rings. The van der Waals surface area contributed by atoms with Gasteiger partial charge in [-0.15, -0.1) is 0 Å². The molecule has 0 N–H and O–H groups in total. The Morgan fingerprint density at radius 2 is 1.46 bits per heavy atom. The lowest BCUT2D eigenvalue weighted by Gasteiger charge is -2.31. The van der Waals surface area contributed by atoms with Gasteiger partial charge in [-0.3, -0.25) is 4.18 Å². The molecule has 0 saturated carbocycles.